The molecular weight excluding hydrogens is 340 g/mol. The van der Waals surface area contributed by atoms with E-state index in [0.717, 1.165) is 25.6 Å². The minimum absolute atomic E-state index is 0.611. The number of hydrogen-bond acceptors (Lipinski definition) is 2. The Kier molecular flexibility index (Phi) is 7.70. The molecule has 0 aliphatic carbocycles. The number of piperidine rings is 1. The maximum atomic E-state index is 3.68. The first-order valence-corrected chi connectivity index (χ1v) is 11.1. The first-order valence-electron chi connectivity index (χ1n) is 11.1. The number of nitrogens with zero attached hydrogens (tertiary/aromatic N) is 1. The van der Waals surface area contributed by atoms with Gasteiger partial charge >= 0.3 is 0 Å². The second-order valence-electron chi connectivity index (χ2n) is 9.14. The average molecular weight is 379 g/mol. The molecule has 1 heterocycles. The minimum Gasteiger partial charge on any atom is -0.312 e. The van der Waals surface area contributed by atoms with Crippen LogP contribution < -0.4 is 5.32 Å². The van der Waals surface area contributed by atoms with Crippen LogP contribution in [0.2, 0.25) is 0 Å². The summed E-state index contributed by atoms with van der Waals surface area (Å²) in [5.41, 5.74) is 5.71. The summed E-state index contributed by atoms with van der Waals surface area (Å²) in [6.07, 6.45) is 2.62. The van der Waals surface area contributed by atoms with Crippen molar-refractivity contribution in [2.75, 3.05) is 19.6 Å². The molecule has 1 saturated heterocycles. The summed E-state index contributed by atoms with van der Waals surface area (Å²) in [6.45, 7) is 14.7. The Hall–Kier alpha value is -1.64. The number of hydrogen-bond donors (Lipinski definition) is 1. The first-order chi connectivity index (χ1) is 13.5. The molecule has 0 bridgehead atoms. The number of rotatable bonds is 8. The lowest BCUT2D eigenvalue weighted by atomic mass is 9.96. The Balaban J connectivity index is 1.36. The lowest BCUT2D eigenvalue weighted by Crippen LogP contribution is -2.36. The SMILES string of the molecule is CC(C)c1ccc(CNCC2CCN(Cc3ccc(C(C)C)cc3)CC2)cc1. The van der Waals surface area contributed by atoms with Crippen LogP contribution >= 0.6 is 0 Å². The summed E-state index contributed by atoms with van der Waals surface area (Å²) in [5.74, 6) is 2.04. The van der Waals surface area contributed by atoms with Crippen LogP contribution in [0, 0.1) is 5.92 Å². The maximum absolute atomic E-state index is 3.68. The van der Waals surface area contributed by atoms with Crippen molar-refractivity contribution in [3.63, 3.8) is 0 Å². The van der Waals surface area contributed by atoms with Crippen LogP contribution in [0.1, 0.15) is 74.6 Å². The summed E-state index contributed by atoms with van der Waals surface area (Å²) in [6, 6.07) is 18.3. The molecule has 1 aliphatic heterocycles. The Labute approximate surface area is 172 Å². The molecule has 2 heteroatoms. The third-order valence-corrected chi connectivity index (χ3v) is 6.17. The van der Waals surface area contributed by atoms with Gasteiger partial charge in [-0.1, -0.05) is 76.2 Å². The highest BCUT2D eigenvalue weighted by molar-refractivity contribution is 5.25. The van der Waals surface area contributed by atoms with Gasteiger partial charge in [-0.2, -0.15) is 0 Å². The van der Waals surface area contributed by atoms with Crippen molar-refractivity contribution in [3.05, 3.63) is 70.8 Å². The fourth-order valence-corrected chi connectivity index (χ4v) is 4.06. The highest BCUT2D eigenvalue weighted by Gasteiger charge is 2.19. The molecule has 2 aromatic rings. The average Bonchev–Trinajstić information content (AvgIpc) is 2.70. The molecule has 152 valence electrons. The zero-order valence-corrected chi connectivity index (χ0v) is 18.2. The van der Waals surface area contributed by atoms with E-state index in [1.165, 1.54) is 48.2 Å². The van der Waals surface area contributed by atoms with Crippen molar-refractivity contribution in [2.24, 2.45) is 5.92 Å². The van der Waals surface area contributed by atoms with Crippen LogP contribution in [0.15, 0.2) is 48.5 Å². The van der Waals surface area contributed by atoms with Gasteiger partial charge in [0.1, 0.15) is 0 Å². The molecule has 2 aromatic carbocycles. The van der Waals surface area contributed by atoms with Crippen molar-refractivity contribution in [3.8, 4) is 0 Å². The van der Waals surface area contributed by atoms with E-state index >= 15 is 0 Å². The van der Waals surface area contributed by atoms with Gasteiger partial charge in [-0.15, -0.1) is 0 Å². The van der Waals surface area contributed by atoms with Crippen molar-refractivity contribution < 1.29 is 0 Å². The number of likely N-dealkylation sites (tertiary alicyclic amines) is 1. The second kappa shape index (κ2) is 10.2. The number of benzene rings is 2. The maximum Gasteiger partial charge on any atom is 0.0233 e. The van der Waals surface area contributed by atoms with Gasteiger partial charge in [0.2, 0.25) is 0 Å². The fraction of sp³-hybridized carbons (Fsp3) is 0.538. The van der Waals surface area contributed by atoms with Crippen LogP contribution in [0.5, 0.6) is 0 Å². The molecule has 0 amide bonds. The van der Waals surface area contributed by atoms with Gasteiger partial charge in [0, 0.05) is 13.1 Å². The van der Waals surface area contributed by atoms with E-state index < -0.39 is 0 Å². The summed E-state index contributed by atoms with van der Waals surface area (Å²) in [4.78, 5) is 2.62. The minimum atomic E-state index is 0.611. The molecule has 1 aliphatic rings. The first kappa shape index (κ1) is 21.1. The highest BCUT2D eigenvalue weighted by atomic mass is 15.1. The lowest BCUT2D eigenvalue weighted by Gasteiger charge is -2.32. The topological polar surface area (TPSA) is 15.3 Å². The normalized spacial score (nSPS) is 16.2. The predicted molar refractivity (Wildman–Crippen MR) is 121 cm³/mol. The van der Waals surface area contributed by atoms with Crippen LogP contribution in [0.4, 0.5) is 0 Å². The Morgan fingerprint density at radius 3 is 1.79 bits per heavy atom. The van der Waals surface area contributed by atoms with Gasteiger partial charge in [0.25, 0.3) is 0 Å². The molecule has 28 heavy (non-hydrogen) atoms. The van der Waals surface area contributed by atoms with Gasteiger partial charge in [-0.05, 0) is 72.5 Å². The van der Waals surface area contributed by atoms with Crippen molar-refractivity contribution in [2.45, 2.75) is 65.5 Å². The predicted octanol–water partition coefficient (Wildman–Crippen LogP) is 5.94. The van der Waals surface area contributed by atoms with Gasteiger partial charge in [-0.25, -0.2) is 0 Å². The molecule has 3 rings (SSSR count). The van der Waals surface area contributed by atoms with E-state index in [-0.39, 0.29) is 0 Å². The van der Waals surface area contributed by atoms with Crippen LogP contribution in [-0.2, 0) is 13.1 Å². The summed E-state index contributed by atoms with van der Waals surface area (Å²) in [5, 5.41) is 3.68. The third-order valence-electron chi connectivity index (χ3n) is 6.17. The second-order valence-corrected chi connectivity index (χ2v) is 9.14. The summed E-state index contributed by atoms with van der Waals surface area (Å²) >= 11 is 0. The Bertz CT molecular complexity index is 692. The van der Waals surface area contributed by atoms with Crippen LogP contribution in [-0.4, -0.2) is 24.5 Å². The van der Waals surface area contributed by atoms with Gasteiger partial charge in [0.15, 0.2) is 0 Å². The van der Waals surface area contributed by atoms with Crippen LogP contribution in [0.3, 0.4) is 0 Å². The van der Waals surface area contributed by atoms with E-state index in [9.17, 15) is 0 Å². The van der Waals surface area contributed by atoms with Crippen molar-refractivity contribution in [1.82, 2.24) is 10.2 Å². The molecule has 0 spiro atoms. The van der Waals surface area contributed by atoms with Gasteiger partial charge in [0.05, 0.1) is 0 Å². The van der Waals surface area contributed by atoms with E-state index in [2.05, 4.69) is 86.4 Å². The van der Waals surface area contributed by atoms with E-state index in [0.29, 0.717) is 11.8 Å². The Morgan fingerprint density at radius 2 is 1.29 bits per heavy atom. The quantitative estimate of drug-likeness (QED) is 0.612. The van der Waals surface area contributed by atoms with Gasteiger partial charge in [-0.3, -0.25) is 4.90 Å². The number of nitrogens with one attached hydrogen (secondary N) is 1. The van der Waals surface area contributed by atoms with Crippen molar-refractivity contribution in [1.29, 1.82) is 0 Å². The Morgan fingerprint density at radius 1 is 0.786 bits per heavy atom. The van der Waals surface area contributed by atoms with E-state index in [4.69, 9.17) is 0 Å². The highest BCUT2D eigenvalue weighted by Crippen LogP contribution is 2.20. The summed E-state index contributed by atoms with van der Waals surface area (Å²) in [7, 11) is 0. The van der Waals surface area contributed by atoms with Crippen LogP contribution in [0.25, 0.3) is 0 Å². The zero-order valence-electron chi connectivity index (χ0n) is 18.2. The zero-order chi connectivity index (χ0) is 19.9. The molecule has 2 nitrogen and oxygen atoms in total. The molecule has 0 saturated carbocycles. The smallest absolute Gasteiger partial charge is 0.0233 e. The largest absolute Gasteiger partial charge is 0.312 e. The molecule has 0 unspecified atom stereocenters. The van der Waals surface area contributed by atoms with E-state index in [1.807, 2.05) is 0 Å². The third kappa shape index (κ3) is 6.18. The molecule has 0 atom stereocenters. The molecule has 0 radical (unpaired) electrons. The standard InChI is InChI=1S/C26H38N2/c1-20(2)25-9-5-22(6-10-25)17-27-18-23-13-15-28(16-14-23)19-24-7-11-26(12-8-24)21(3)4/h5-12,20-21,23,27H,13-19H2,1-4H3. The molecular formula is C26H38N2. The van der Waals surface area contributed by atoms with Crippen molar-refractivity contribution >= 4 is 0 Å². The fourth-order valence-electron chi connectivity index (χ4n) is 4.06. The van der Waals surface area contributed by atoms with E-state index in [1.54, 1.807) is 0 Å². The molecule has 1 N–H and O–H groups in total. The molecule has 1 fully saturated rings. The summed E-state index contributed by atoms with van der Waals surface area (Å²) < 4.78 is 0. The van der Waals surface area contributed by atoms with Gasteiger partial charge < -0.3 is 5.32 Å². The monoisotopic (exact) mass is 378 g/mol. The molecule has 0 aromatic heterocycles. The lowest BCUT2D eigenvalue weighted by molar-refractivity contribution is 0.175.